The highest BCUT2D eigenvalue weighted by Gasteiger charge is 2.02. The van der Waals surface area contributed by atoms with E-state index in [0.29, 0.717) is 0 Å². The molecule has 0 aliphatic rings. The van der Waals surface area contributed by atoms with Gasteiger partial charge in [-0.05, 0) is 28.0 Å². The predicted octanol–water partition coefficient (Wildman–Crippen LogP) is 3.42. The number of esters is 1. The Balaban J connectivity index is 2.24. The Morgan fingerprint density at radius 1 is 1.18 bits per heavy atom. The normalized spacial score (nSPS) is 10.2. The van der Waals surface area contributed by atoms with Crippen LogP contribution in [0.2, 0.25) is 0 Å². The molecule has 0 saturated heterocycles. The first-order valence-corrected chi connectivity index (χ1v) is 5.47. The van der Waals surface area contributed by atoms with E-state index in [2.05, 4.69) is 24.8 Å². The van der Waals surface area contributed by atoms with E-state index >= 15 is 0 Å². The number of ether oxygens (including phenoxy) is 1. The van der Waals surface area contributed by atoms with Crippen molar-refractivity contribution in [2.45, 2.75) is 6.92 Å². The van der Waals surface area contributed by atoms with Gasteiger partial charge >= 0.3 is 5.97 Å². The largest absolute Gasteiger partial charge is 0.461 e. The van der Waals surface area contributed by atoms with Crippen molar-refractivity contribution in [3.63, 3.8) is 0 Å². The Hall–Kier alpha value is -2.09. The Morgan fingerprint density at radius 3 is 2.59 bits per heavy atom. The number of carbonyl (C=O) groups is 1. The van der Waals surface area contributed by atoms with Gasteiger partial charge < -0.3 is 4.74 Å². The maximum absolute atomic E-state index is 10.7. The minimum Gasteiger partial charge on any atom is -0.461 e. The quantitative estimate of drug-likeness (QED) is 0.749. The Morgan fingerprint density at radius 2 is 1.88 bits per heavy atom. The Bertz CT molecular complexity index is 570. The third kappa shape index (κ3) is 2.72. The second-order valence-corrected chi connectivity index (χ2v) is 3.95. The molecule has 0 N–H and O–H groups in total. The summed E-state index contributed by atoms with van der Waals surface area (Å²) in [4.78, 5) is 10.7. The Labute approximate surface area is 101 Å². The standard InChI is InChI=1S/C15H14O2/c1-11(10-17-12(2)16)14-8-7-13-5-3-4-6-15(13)9-14/h3-9H,1,10H2,2H3. The molecule has 0 saturated carbocycles. The fraction of sp³-hybridized carbons (Fsp3) is 0.133. The monoisotopic (exact) mass is 226 g/mol. The van der Waals surface area contributed by atoms with E-state index < -0.39 is 0 Å². The summed E-state index contributed by atoms with van der Waals surface area (Å²) < 4.78 is 4.93. The van der Waals surface area contributed by atoms with Gasteiger partial charge in [-0.3, -0.25) is 4.79 Å². The van der Waals surface area contributed by atoms with Crippen molar-refractivity contribution in [2.75, 3.05) is 6.61 Å². The van der Waals surface area contributed by atoms with Crippen molar-refractivity contribution < 1.29 is 9.53 Å². The van der Waals surface area contributed by atoms with E-state index in [1.807, 2.05) is 24.3 Å². The van der Waals surface area contributed by atoms with Crippen LogP contribution >= 0.6 is 0 Å². The molecule has 0 radical (unpaired) electrons. The highest BCUT2D eigenvalue weighted by Crippen LogP contribution is 2.20. The van der Waals surface area contributed by atoms with E-state index in [-0.39, 0.29) is 12.6 Å². The highest BCUT2D eigenvalue weighted by atomic mass is 16.5. The van der Waals surface area contributed by atoms with Gasteiger partial charge in [0.1, 0.15) is 6.61 Å². The van der Waals surface area contributed by atoms with Crippen LogP contribution < -0.4 is 0 Å². The summed E-state index contributed by atoms with van der Waals surface area (Å²) in [6, 6.07) is 14.2. The van der Waals surface area contributed by atoms with Gasteiger partial charge in [0.2, 0.25) is 0 Å². The number of benzene rings is 2. The molecule has 0 aliphatic heterocycles. The van der Waals surface area contributed by atoms with Gasteiger partial charge in [-0.2, -0.15) is 0 Å². The van der Waals surface area contributed by atoms with Crippen LogP contribution in [0.4, 0.5) is 0 Å². The highest BCUT2D eigenvalue weighted by molar-refractivity contribution is 5.86. The van der Waals surface area contributed by atoms with Gasteiger partial charge in [-0.1, -0.05) is 43.0 Å². The van der Waals surface area contributed by atoms with Gasteiger partial charge in [-0.15, -0.1) is 0 Å². The maximum Gasteiger partial charge on any atom is 0.302 e. The molecule has 0 heterocycles. The lowest BCUT2D eigenvalue weighted by Gasteiger charge is -2.07. The average Bonchev–Trinajstić information content (AvgIpc) is 2.35. The number of hydrogen-bond acceptors (Lipinski definition) is 2. The molecule has 0 atom stereocenters. The summed E-state index contributed by atoms with van der Waals surface area (Å²) in [5, 5.41) is 2.35. The zero-order valence-electron chi connectivity index (χ0n) is 9.77. The van der Waals surface area contributed by atoms with Crippen LogP contribution in [-0.2, 0) is 9.53 Å². The zero-order chi connectivity index (χ0) is 12.3. The number of fused-ring (bicyclic) bond motifs is 1. The molecule has 0 amide bonds. The molecule has 0 aliphatic carbocycles. The minimum absolute atomic E-state index is 0.244. The molecule has 0 spiro atoms. The lowest BCUT2D eigenvalue weighted by atomic mass is 10.0. The summed E-state index contributed by atoms with van der Waals surface area (Å²) in [5.41, 5.74) is 1.82. The molecule has 2 aromatic rings. The van der Waals surface area contributed by atoms with Crippen molar-refractivity contribution in [1.82, 2.24) is 0 Å². The summed E-state index contributed by atoms with van der Waals surface area (Å²) in [6.45, 7) is 5.57. The second-order valence-electron chi connectivity index (χ2n) is 3.95. The van der Waals surface area contributed by atoms with Gasteiger partial charge in [0, 0.05) is 6.92 Å². The number of hydrogen-bond donors (Lipinski definition) is 0. The first kappa shape index (κ1) is 11.4. The zero-order valence-corrected chi connectivity index (χ0v) is 9.77. The molecule has 2 aromatic carbocycles. The molecule has 2 nitrogen and oxygen atoms in total. The predicted molar refractivity (Wildman–Crippen MR) is 69.6 cm³/mol. The van der Waals surface area contributed by atoms with Crippen molar-refractivity contribution in [2.24, 2.45) is 0 Å². The van der Waals surface area contributed by atoms with Gasteiger partial charge in [-0.25, -0.2) is 0 Å². The first-order valence-electron chi connectivity index (χ1n) is 5.47. The summed E-state index contributed by atoms with van der Waals surface area (Å²) >= 11 is 0. The summed E-state index contributed by atoms with van der Waals surface area (Å²) in [5.74, 6) is -0.285. The third-order valence-electron chi connectivity index (χ3n) is 2.61. The van der Waals surface area contributed by atoms with Crippen molar-refractivity contribution >= 4 is 22.3 Å². The smallest absolute Gasteiger partial charge is 0.302 e. The second kappa shape index (κ2) is 4.83. The average molecular weight is 226 g/mol. The van der Waals surface area contributed by atoms with Crippen LogP contribution in [0.3, 0.4) is 0 Å². The summed E-state index contributed by atoms with van der Waals surface area (Å²) in [6.07, 6.45) is 0. The van der Waals surface area contributed by atoms with Crippen LogP contribution in [0.1, 0.15) is 12.5 Å². The molecule has 2 heteroatoms. The van der Waals surface area contributed by atoms with Gasteiger partial charge in [0.15, 0.2) is 0 Å². The molecular weight excluding hydrogens is 212 g/mol. The van der Waals surface area contributed by atoms with Crippen molar-refractivity contribution in [3.05, 3.63) is 54.6 Å². The van der Waals surface area contributed by atoms with Crippen LogP contribution in [-0.4, -0.2) is 12.6 Å². The third-order valence-corrected chi connectivity index (χ3v) is 2.61. The van der Waals surface area contributed by atoms with E-state index in [4.69, 9.17) is 4.74 Å². The fourth-order valence-electron chi connectivity index (χ4n) is 1.68. The number of rotatable bonds is 3. The van der Waals surface area contributed by atoms with E-state index in [1.54, 1.807) is 0 Å². The molecule has 0 bridgehead atoms. The number of carbonyl (C=O) groups excluding carboxylic acids is 1. The minimum atomic E-state index is -0.285. The van der Waals surface area contributed by atoms with E-state index in [9.17, 15) is 4.79 Å². The van der Waals surface area contributed by atoms with Gasteiger partial charge in [0.25, 0.3) is 0 Å². The van der Waals surface area contributed by atoms with E-state index in [0.717, 1.165) is 16.5 Å². The maximum atomic E-state index is 10.7. The SMILES string of the molecule is C=C(COC(C)=O)c1ccc2ccccc2c1. The van der Waals surface area contributed by atoms with Crippen LogP contribution in [0.15, 0.2) is 49.0 Å². The lowest BCUT2D eigenvalue weighted by Crippen LogP contribution is -2.01. The summed E-state index contributed by atoms with van der Waals surface area (Å²) in [7, 11) is 0. The molecule has 17 heavy (non-hydrogen) atoms. The molecule has 0 fully saturated rings. The molecular formula is C15H14O2. The Kier molecular flexibility index (Phi) is 3.24. The molecule has 0 unspecified atom stereocenters. The molecule has 86 valence electrons. The molecule has 2 rings (SSSR count). The first-order chi connectivity index (χ1) is 8.16. The van der Waals surface area contributed by atoms with Crippen molar-refractivity contribution in [1.29, 1.82) is 0 Å². The lowest BCUT2D eigenvalue weighted by molar-refractivity contribution is -0.139. The van der Waals surface area contributed by atoms with Gasteiger partial charge in [0.05, 0.1) is 0 Å². The topological polar surface area (TPSA) is 26.3 Å². The van der Waals surface area contributed by atoms with Crippen LogP contribution in [0.25, 0.3) is 16.3 Å². The van der Waals surface area contributed by atoms with E-state index in [1.165, 1.54) is 12.3 Å². The molecule has 0 aromatic heterocycles. The van der Waals surface area contributed by atoms with Crippen molar-refractivity contribution in [3.8, 4) is 0 Å². The van der Waals surface area contributed by atoms with Crippen LogP contribution in [0, 0.1) is 0 Å². The van der Waals surface area contributed by atoms with Crippen LogP contribution in [0.5, 0.6) is 0 Å². The fourth-order valence-corrected chi connectivity index (χ4v) is 1.68.